The zero-order valence-electron chi connectivity index (χ0n) is 10.7. The summed E-state index contributed by atoms with van der Waals surface area (Å²) in [6, 6.07) is -0.269. The number of likely N-dealkylation sites (N-methyl/N-ethyl adjacent to an activating group) is 1. The molecule has 1 heterocycles. The van der Waals surface area contributed by atoms with Gasteiger partial charge in [0.1, 0.15) is 6.04 Å². The Hall–Kier alpha value is -0.650. The zero-order chi connectivity index (χ0) is 12.5. The molecule has 17 heavy (non-hydrogen) atoms. The van der Waals surface area contributed by atoms with Crippen molar-refractivity contribution in [3.63, 3.8) is 0 Å². The summed E-state index contributed by atoms with van der Waals surface area (Å²) in [5, 5.41) is 2.92. The molecule has 100 valence electrons. The number of ether oxygens (including phenoxy) is 3. The molecule has 0 spiro atoms. The van der Waals surface area contributed by atoms with Gasteiger partial charge >= 0.3 is 5.97 Å². The molecule has 1 aliphatic heterocycles. The highest BCUT2D eigenvalue weighted by Gasteiger charge is 2.17. The SMILES string of the molecule is CNC(CCOCC1CCOCC1)C(=O)OC. The van der Waals surface area contributed by atoms with Crippen molar-refractivity contribution in [2.24, 2.45) is 5.92 Å². The molecular weight excluding hydrogens is 222 g/mol. The fourth-order valence-electron chi connectivity index (χ4n) is 1.89. The van der Waals surface area contributed by atoms with Gasteiger partial charge in [-0.1, -0.05) is 0 Å². The molecule has 1 rings (SSSR count). The lowest BCUT2D eigenvalue weighted by Gasteiger charge is -2.22. The van der Waals surface area contributed by atoms with Gasteiger partial charge in [-0.3, -0.25) is 4.79 Å². The molecule has 1 fully saturated rings. The Balaban J connectivity index is 2.07. The summed E-state index contributed by atoms with van der Waals surface area (Å²) in [5.41, 5.74) is 0. The average Bonchev–Trinajstić information content (AvgIpc) is 2.39. The maximum absolute atomic E-state index is 11.3. The molecule has 0 aliphatic carbocycles. The standard InChI is InChI=1S/C12H23NO4/c1-13-11(12(14)15-2)5-8-17-9-10-3-6-16-7-4-10/h10-11,13H,3-9H2,1-2H3. The highest BCUT2D eigenvalue weighted by Crippen LogP contribution is 2.14. The van der Waals surface area contributed by atoms with Gasteiger partial charge in [-0.2, -0.15) is 0 Å². The minimum Gasteiger partial charge on any atom is -0.468 e. The summed E-state index contributed by atoms with van der Waals surface area (Å²) in [5.74, 6) is 0.372. The van der Waals surface area contributed by atoms with Gasteiger partial charge in [0, 0.05) is 26.4 Å². The van der Waals surface area contributed by atoms with Crippen molar-refractivity contribution in [2.75, 3.05) is 40.6 Å². The Morgan fingerprint density at radius 1 is 1.47 bits per heavy atom. The topological polar surface area (TPSA) is 56.8 Å². The lowest BCUT2D eigenvalue weighted by molar-refractivity contribution is -0.143. The van der Waals surface area contributed by atoms with E-state index in [2.05, 4.69) is 10.1 Å². The van der Waals surface area contributed by atoms with Gasteiger partial charge in [0.25, 0.3) is 0 Å². The minimum atomic E-state index is -0.269. The minimum absolute atomic E-state index is 0.234. The van der Waals surface area contributed by atoms with E-state index in [-0.39, 0.29) is 12.0 Å². The fraction of sp³-hybridized carbons (Fsp3) is 0.917. The first-order valence-corrected chi connectivity index (χ1v) is 6.18. The van der Waals surface area contributed by atoms with E-state index in [1.165, 1.54) is 7.11 Å². The van der Waals surface area contributed by atoms with Gasteiger partial charge in [0.2, 0.25) is 0 Å². The summed E-state index contributed by atoms with van der Waals surface area (Å²) >= 11 is 0. The quantitative estimate of drug-likeness (QED) is 0.525. The van der Waals surface area contributed by atoms with E-state index < -0.39 is 0 Å². The van der Waals surface area contributed by atoms with Gasteiger partial charge in [0.05, 0.1) is 7.11 Å². The summed E-state index contributed by atoms with van der Waals surface area (Å²) in [7, 11) is 3.15. The highest BCUT2D eigenvalue weighted by molar-refractivity contribution is 5.75. The van der Waals surface area contributed by atoms with Gasteiger partial charge < -0.3 is 19.5 Å². The van der Waals surface area contributed by atoms with Crippen molar-refractivity contribution in [1.82, 2.24) is 5.32 Å². The van der Waals surface area contributed by atoms with Crippen molar-refractivity contribution in [2.45, 2.75) is 25.3 Å². The van der Waals surface area contributed by atoms with Crippen LogP contribution in [0.15, 0.2) is 0 Å². The van der Waals surface area contributed by atoms with E-state index in [1.54, 1.807) is 7.05 Å². The van der Waals surface area contributed by atoms with Crippen LogP contribution in [0, 0.1) is 5.92 Å². The molecule has 0 amide bonds. The number of carbonyl (C=O) groups excluding carboxylic acids is 1. The van der Waals surface area contributed by atoms with Gasteiger partial charge in [-0.15, -0.1) is 0 Å². The third-order valence-electron chi connectivity index (χ3n) is 3.08. The number of carbonyl (C=O) groups is 1. The number of hydrogen-bond donors (Lipinski definition) is 1. The van der Waals surface area contributed by atoms with Crippen LogP contribution in [0.3, 0.4) is 0 Å². The maximum Gasteiger partial charge on any atom is 0.322 e. The molecule has 0 aromatic heterocycles. The largest absolute Gasteiger partial charge is 0.468 e. The van der Waals surface area contributed by atoms with Crippen LogP contribution in [-0.2, 0) is 19.0 Å². The molecule has 0 aromatic rings. The molecule has 0 radical (unpaired) electrons. The lowest BCUT2D eigenvalue weighted by Crippen LogP contribution is -2.36. The zero-order valence-corrected chi connectivity index (χ0v) is 10.7. The van der Waals surface area contributed by atoms with Gasteiger partial charge in [-0.05, 0) is 32.2 Å². The van der Waals surface area contributed by atoms with Crippen LogP contribution in [0.1, 0.15) is 19.3 Å². The van der Waals surface area contributed by atoms with Crippen LogP contribution in [0.2, 0.25) is 0 Å². The molecular formula is C12H23NO4. The summed E-state index contributed by atoms with van der Waals surface area (Å²) in [6.07, 6.45) is 2.80. The predicted molar refractivity (Wildman–Crippen MR) is 63.8 cm³/mol. The fourth-order valence-corrected chi connectivity index (χ4v) is 1.89. The van der Waals surface area contributed by atoms with Crippen LogP contribution in [-0.4, -0.2) is 52.6 Å². The molecule has 0 aromatic carbocycles. The smallest absolute Gasteiger partial charge is 0.322 e. The Morgan fingerprint density at radius 2 is 2.18 bits per heavy atom. The van der Waals surface area contributed by atoms with Crippen molar-refractivity contribution < 1.29 is 19.0 Å². The van der Waals surface area contributed by atoms with Crippen molar-refractivity contribution >= 4 is 5.97 Å². The van der Waals surface area contributed by atoms with E-state index in [1.807, 2.05) is 0 Å². The number of esters is 1. The molecule has 0 saturated carbocycles. The molecule has 0 bridgehead atoms. The summed E-state index contributed by atoms with van der Waals surface area (Å²) < 4.78 is 15.6. The predicted octanol–water partition coefficient (Wildman–Crippen LogP) is 0.581. The normalized spacial score (nSPS) is 18.9. The first-order valence-electron chi connectivity index (χ1n) is 6.18. The van der Waals surface area contributed by atoms with Crippen LogP contribution in [0.25, 0.3) is 0 Å². The first-order chi connectivity index (χ1) is 8.27. The van der Waals surface area contributed by atoms with Gasteiger partial charge in [0.15, 0.2) is 0 Å². The van der Waals surface area contributed by atoms with Crippen LogP contribution >= 0.6 is 0 Å². The Morgan fingerprint density at radius 3 is 2.76 bits per heavy atom. The van der Waals surface area contributed by atoms with E-state index in [4.69, 9.17) is 9.47 Å². The second-order valence-corrected chi connectivity index (χ2v) is 4.28. The Kier molecular flexibility index (Phi) is 7.16. The summed E-state index contributed by atoms with van der Waals surface area (Å²) in [6.45, 7) is 3.03. The van der Waals surface area contributed by atoms with E-state index in [9.17, 15) is 4.79 Å². The van der Waals surface area contributed by atoms with Crippen molar-refractivity contribution in [3.8, 4) is 0 Å². The Bertz CT molecular complexity index is 217. The molecule has 5 nitrogen and oxygen atoms in total. The Labute approximate surface area is 103 Å². The average molecular weight is 245 g/mol. The molecule has 5 heteroatoms. The van der Waals surface area contributed by atoms with Crippen molar-refractivity contribution in [3.05, 3.63) is 0 Å². The van der Waals surface area contributed by atoms with Crippen molar-refractivity contribution in [1.29, 1.82) is 0 Å². The third-order valence-corrected chi connectivity index (χ3v) is 3.08. The van der Waals surface area contributed by atoms with E-state index >= 15 is 0 Å². The first kappa shape index (κ1) is 14.4. The number of hydrogen-bond acceptors (Lipinski definition) is 5. The van der Waals surface area contributed by atoms with E-state index in [0.717, 1.165) is 32.7 Å². The van der Waals surface area contributed by atoms with Crippen LogP contribution < -0.4 is 5.32 Å². The monoisotopic (exact) mass is 245 g/mol. The maximum atomic E-state index is 11.3. The third kappa shape index (κ3) is 5.48. The highest BCUT2D eigenvalue weighted by atomic mass is 16.5. The van der Waals surface area contributed by atoms with Crippen LogP contribution in [0.5, 0.6) is 0 Å². The summed E-state index contributed by atoms with van der Waals surface area (Å²) in [4.78, 5) is 11.3. The number of nitrogens with one attached hydrogen (secondary N) is 1. The molecule has 1 N–H and O–H groups in total. The number of methoxy groups -OCH3 is 1. The molecule has 1 saturated heterocycles. The molecule has 1 aliphatic rings. The molecule has 1 atom stereocenters. The second-order valence-electron chi connectivity index (χ2n) is 4.28. The lowest BCUT2D eigenvalue weighted by atomic mass is 10.0. The van der Waals surface area contributed by atoms with Crippen LogP contribution in [0.4, 0.5) is 0 Å². The van der Waals surface area contributed by atoms with E-state index in [0.29, 0.717) is 18.9 Å². The second kappa shape index (κ2) is 8.44. The molecule has 1 unspecified atom stereocenters. The number of rotatable bonds is 7. The van der Waals surface area contributed by atoms with Gasteiger partial charge in [-0.25, -0.2) is 0 Å².